The average molecular weight is 203 g/mol. The second kappa shape index (κ2) is 4.77. The van der Waals surface area contributed by atoms with E-state index in [4.69, 9.17) is 11.0 Å². The van der Waals surface area contributed by atoms with Crippen LogP contribution in [0.4, 0.5) is 11.4 Å². The molecular weight excluding hydrogens is 194 g/mol. The molecule has 5 nitrogen and oxygen atoms in total. The van der Waals surface area contributed by atoms with Crippen LogP contribution in [0.15, 0.2) is 24.3 Å². The lowest BCUT2D eigenvalue weighted by Gasteiger charge is -1.98. The Kier molecular flexibility index (Phi) is 3.41. The van der Waals surface area contributed by atoms with Crippen molar-refractivity contribution in [2.24, 2.45) is 0 Å². The summed E-state index contributed by atoms with van der Waals surface area (Å²) in [5, 5.41) is 18.9. The number of nitro groups is 1. The number of anilines is 1. The zero-order valence-electron chi connectivity index (χ0n) is 7.88. The van der Waals surface area contributed by atoms with Crippen LogP contribution in [0.1, 0.15) is 12.0 Å². The van der Waals surface area contributed by atoms with Crippen LogP contribution in [0, 0.1) is 21.4 Å². The SMILES string of the molecule is N#CCC=Cc1cc(N)ccc1[N+](=O)[O-]. The molecule has 2 N–H and O–H groups in total. The van der Waals surface area contributed by atoms with E-state index in [9.17, 15) is 10.1 Å². The smallest absolute Gasteiger partial charge is 0.276 e. The first-order valence-electron chi connectivity index (χ1n) is 4.22. The van der Waals surface area contributed by atoms with Gasteiger partial charge in [-0.05, 0) is 12.1 Å². The maximum Gasteiger partial charge on any atom is 0.276 e. The third-order valence-corrected chi connectivity index (χ3v) is 1.75. The molecule has 1 rings (SSSR count). The summed E-state index contributed by atoms with van der Waals surface area (Å²) in [5.74, 6) is 0. The van der Waals surface area contributed by atoms with Gasteiger partial charge in [-0.25, -0.2) is 0 Å². The number of nitrogens with two attached hydrogens (primary N) is 1. The number of allylic oxidation sites excluding steroid dienone is 1. The number of nitriles is 1. The molecular formula is C10H9N3O2. The molecule has 0 aliphatic rings. The Morgan fingerprint density at radius 3 is 2.93 bits per heavy atom. The quantitative estimate of drug-likeness (QED) is 0.462. The molecule has 0 unspecified atom stereocenters. The van der Waals surface area contributed by atoms with E-state index < -0.39 is 4.92 Å². The first-order chi connectivity index (χ1) is 7.15. The Bertz CT molecular complexity index is 446. The summed E-state index contributed by atoms with van der Waals surface area (Å²) in [6, 6.07) is 6.24. The van der Waals surface area contributed by atoms with E-state index in [0.717, 1.165) is 0 Å². The van der Waals surface area contributed by atoms with Gasteiger partial charge in [-0.2, -0.15) is 5.26 Å². The monoisotopic (exact) mass is 203 g/mol. The second-order valence-electron chi connectivity index (χ2n) is 2.84. The number of nitrogens with zero attached hydrogens (tertiary/aromatic N) is 2. The zero-order chi connectivity index (χ0) is 11.3. The predicted molar refractivity (Wildman–Crippen MR) is 56.8 cm³/mol. The molecule has 0 aliphatic heterocycles. The van der Waals surface area contributed by atoms with Crippen LogP contribution >= 0.6 is 0 Å². The summed E-state index contributed by atoms with van der Waals surface area (Å²) >= 11 is 0. The van der Waals surface area contributed by atoms with Crippen molar-refractivity contribution in [2.75, 3.05) is 5.73 Å². The molecule has 0 saturated heterocycles. The lowest BCUT2D eigenvalue weighted by Crippen LogP contribution is -1.93. The van der Waals surface area contributed by atoms with Crippen LogP contribution in [0.3, 0.4) is 0 Å². The molecule has 15 heavy (non-hydrogen) atoms. The maximum atomic E-state index is 10.6. The molecule has 0 bridgehead atoms. The predicted octanol–water partition coefficient (Wildman–Crippen LogP) is 2.10. The van der Waals surface area contributed by atoms with Crippen molar-refractivity contribution in [3.8, 4) is 6.07 Å². The van der Waals surface area contributed by atoms with E-state index >= 15 is 0 Å². The molecule has 0 saturated carbocycles. The fourth-order valence-corrected chi connectivity index (χ4v) is 1.11. The minimum absolute atomic E-state index is 0.0154. The Balaban J connectivity index is 3.08. The minimum atomic E-state index is -0.481. The third kappa shape index (κ3) is 2.81. The van der Waals surface area contributed by atoms with E-state index in [1.807, 2.05) is 6.07 Å². The largest absolute Gasteiger partial charge is 0.399 e. The topological polar surface area (TPSA) is 93.0 Å². The highest BCUT2D eigenvalue weighted by Gasteiger charge is 2.10. The van der Waals surface area contributed by atoms with Crippen molar-refractivity contribution in [3.63, 3.8) is 0 Å². The van der Waals surface area contributed by atoms with Crippen molar-refractivity contribution in [2.45, 2.75) is 6.42 Å². The molecule has 0 aromatic heterocycles. The van der Waals surface area contributed by atoms with Gasteiger partial charge in [0.15, 0.2) is 0 Å². The molecule has 0 spiro atoms. The molecule has 0 atom stereocenters. The van der Waals surface area contributed by atoms with E-state index in [2.05, 4.69) is 0 Å². The highest BCUT2D eigenvalue weighted by atomic mass is 16.6. The Hall–Kier alpha value is -2.35. The molecule has 0 fully saturated rings. The van der Waals surface area contributed by atoms with E-state index in [0.29, 0.717) is 11.3 Å². The van der Waals surface area contributed by atoms with Gasteiger partial charge in [0.25, 0.3) is 5.69 Å². The second-order valence-corrected chi connectivity index (χ2v) is 2.84. The van der Waals surface area contributed by atoms with Crippen molar-refractivity contribution in [1.82, 2.24) is 0 Å². The van der Waals surface area contributed by atoms with Gasteiger partial charge in [-0.1, -0.05) is 12.2 Å². The van der Waals surface area contributed by atoms with Gasteiger partial charge < -0.3 is 5.73 Å². The minimum Gasteiger partial charge on any atom is -0.399 e. The summed E-state index contributed by atoms with van der Waals surface area (Å²) in [7, 11) is 0. The number of nitro benzene ring substituents is 1. The molecule has 1 aromatic rings. The van der Waals surface area contributed by atoms with E-state index in [1.165, 1.54) is 24.3 Å². The van der Waals surface area contributed by atoms with Gasteiger partial charge >= 0.3 is 0 Å². The number of rotatable bonds is 3. The van der Waals surface area contributed by atoms with Gasteiger partial charge in [0, 0.05) is 11.8 Å². The zero-order valence-corrected chi connectivity index (χ0v) is 7.88. The average Bonchev–Trinajstić information content (AvgIpc) is 2.18. The van der Waals surface area contributed by atoms with Gasteiger partial charge in [0.1, 0.15) is 0 Å². The molecule has 5 heteroatoms. The van der Waals surface area contributed by atoms with Gasteiger partial charge in [0.2, 0.25) is 0 Å². The van der Waals surface area contributed by atoms with Crippen LogP contribution in [0.25, 0.3) is 6.08 Å². The highest BCUT2D eigenvalue weighted by Crippen LogP contribution is 2.22. The summed E-state index contributed by atoms with van der Waals surface area (Å²) in [5.41, 5.74) is 6.36. The highest BCUT2D eigenvalue weighted by molar-refractivity contribution is 5.65. The van der Waals surface area contributed by atoms with Gasteiger partial charge in [-0.3, -0.25) is 10.1 Å². The summed E-state index contributed by atoms with van der Waals surface area (Å²) < 4.78 is 0. The number of nitrogen functional groups attached to an aromatic ring is 1. The molecule has 0 radical (unpaired) electrons. The summed E-state index contributed by atoms with van der Waals surface area (Å²) in [6.45, 7) is 0. The van der Waals surface area contributed by atoms with Crippen molar-refractivity contribution < 1.29 is 4.92 Å². The van der Waals surface area contributed by atoms with Gasteiger partial charge in [-0.15, -0.1) is 0 Å². The first-order valence-corrected chi connectivity index (χ1v) is 4.22. The van der Waals surface area contributed by atoms with Crippen LogP contribution < -0.4 is 5.73 Å². The van der Waals surface area contributed by atoms with Crippen LogP contribution in [0.5, 0.6) is 0 Å². The van der Waals surface area contributed by atoms with Crippen molar-refractivity contribution in [1.29, 1.82) is 5.26 Å². The molecule has 0 heterocycles. The lowest BCUT2D eigenvalue weighted by atomic mass is 10.1. The Morgan fingerprint density at radius 1 is 1.60 bits per heavy atom. The van der Waals surface area contributed by atoms with E-state index in [1.54, 1.807) is 6.08 Å². The van der Waals surface area contributed by atoms with Crippen LogP contribution in [-0.4, -0.2) is 4.92 Å². The van der Waals surface area contributed by atoms with Gasteiger partial charge in [0.05, 0.1) is 23.0 Å². The molecule has 76 valence electrons. The van der Waals surface area contributed by atoms with Crippen LogP contribution in [-0.2, 0) is 0 Å². The summed E-state index contributed by atoms with van der Waals surface area (Å²) in [6.07, 6.45) is 3.30. The fourth-order valence-electron chi connectivity index (χ4n) is 1.11. The fraction of sp³-hybridized carbons (Fsp3) is 0.100. The Morgan fingerprint density at radius 2 is 2.33 bits per heavy atom. The summed E-state index contributed by atoms with van der Waals surface area (Å²) in [4.78, 5) is 10.2. The number of hydrogen-bond acceptors (Lipinski definition) is 4. The van der Waals surface area contributed by atoms with Crippen molar-refractivity contribution >= 4 is 17.5 Å². The lowest BCUT2D eigenvalue weighted by molar-refractivity contribution is -0.385. The third-order valence-electron chi connectivity index (χ3n) is 1.75. The van der Waals surface area contributed by atoms with E-state index in [-0.39, 0.29) is 12.1 Å². The standard InChI is InChI=1S/C10H9N3O2/c11-6-2-1-3-8-7-9(12)4-5-10(8)13(14)15/h1,3-5,7H,2,12H2. The normalized spacial score (nSPS) is 10.1. The number of benzene rings is 1. The number of hydrogen-bond donors (Lipinski definition) is 1. The van der Waals surface area contributed by atoms with Crippen LogP contribution in [0.2, 0.25) is 0 Å². The molecule has 1 aromatic carbocycles. The first kappa shape index (κ1) is 10.7. The Labute approximate surface area is 86.6 Å². The maximum absolute atomic E-state index is 10.6. The van der Waals surface area contributed by atoms with Crippen molar-refractivity contribution in [3.05, 3.63) is 40.0 Å². The molecule has 0 amide bonds. The molecule has 0 aliphatic carbocycles.